The van der Waals surface area contributed by atoms with Crippen LogP contribution in [0.4, 0.5) is 0 Å². The van der Waals surface area contributed by atoms with Crippen LogP contribution >= 0.6 is 19.9 Å². The summed E-state index contributed by atoms with van der Waals surface area (Å²) in [6.45, 7) is 9.00. The van der Waals surface area contributed by atoms with E-state index in [2.05, 4.69) is 115 Å². The topological polar surface area (TPSA) is 100 Å². The number of hydrogen-bond acceptors (Lipinski definition) is 10. The molecule has 0 bridgehead atoms. The molecule has 6 aromatic rings. The fourth-order valence-electron chi connectivity index (χ4n) is 7.76. The number of methoxy groups -OCH3 is 2. The van der Waals surface area contributed by atoms with Crippen LogP contribution in [0, 0.1) is 11.3 Å². The van der Waals surface area contributed by atoms with Gasteiger partial charge < -0.3 is 32.6 Å². The van der Waals surface area contributed by atoms with Crippen molar-refractivity contribution in [2.75, 3.05) is 27.4 Å². The van der Waals surface area contributed by atoms with Gasteiger partial charge in [-0.3, -0.25) is 0 Å². The zero-order chi connectivity index (χ0) is 40.6. The molecule has 1 aliphatic rings. The normalized spacial score (nSPS) is 17.6. The van der Waals surface area contributed by atoms with Crippen LogP contribution in [-0.4, -0.2) is 65.9 Å². The fourth-order valence-corrected chi connectivity index (χ4v) is 10.3. The Kier molecular flexibility index (Phi) is 13.6. The van der Waals surface area contributed by atoms with E-state index in [1.807, 2.05) is 48.7 Å². The minimum Gasteiger partial charge on any atom is -0.497 e. The number of benzene rings is 3. The number of thiophene rings is 1. The number of fused-ring (bicyclic) bond motifs is 1. The summed E-state index contributed by atoms with van der Waals surface area (Å²) in [4.78, 5) is 6.04. The van der Waals surface area contributed by atoms with Gasteiger partial charge in [0, 0.05) is 46.7 Å². The lowest BCUT2D eigenvalue weighted by atomic mass is 9.80. The average molecular weight is 819 g/mol. The van der Waals surface area contributed by atoms with Crippen molar-refractivity contribution in [1.82, 2.24) is 14.2 Å². The molecule has 0 aliphatic carbocycles. The predicted octanol–water partition coefficient (Wildman–Crippen LogP) is 10.7. The van der Waals surface area contributed by atoms with E-state index < -0.39 is 32.6 Å². The minimum absolute atomic E-state index is 0.130. The van der Waals surface area contributed by atoms with E-state index in [0.29, 0.717) is 6.42 Å². The summed E-state index contributed by atoms with van der Waals surface area (Å²) >= 11 is 1.71. The van der Waals surface area contributed by atoms with E-state index in [0.717, 1.165) is 44.8 Å². The first-order chi connectivity index (χ1) is 28.3. The Morgan fingerprint density at radius 3 is 2.12 bits per heavy atom. The zero-order valence-electron chi connectivity index (χ0n) is 33.9. The van der Waals surface area contributed by atoms with Crippen molar-refractivity contribution >= 4 is 30.9 Å². The molecule has 0 N–H and O–H groups in total. The Hall–Kier alpha value is -4.63. The number of pyridine rings is 1. The Bertz CT molecular complexity index is 2190. The molecule has 0 amide bonds. The van der Waals surface area contributed by atoms with Gasteiger partial charge in [0.05, 0.1) is 46.0 Å². The highest BCUT2D eigenvalue weighted by Crippen LogP contribution is 2.51. The summed E-state index contributed by atoms with van der Waals surface area (Å²) < 4.78 is 43.5. The molecular formula is C46H51N4O6PS. The molecule has 4 atom stereocenters. The molecule has 12 heteroatoms. The second-order valence-corrected chi connectivity index (χ2v) is 17.0. The number of hydrogen-bond donors (Lipinski definition) is 0. The molecule has 58 heavy (non-hydrogen) atoms. The maximum atomic E-state index is 9.42. The lowest BCUT2D eigenvalue weighted by Gasteiger charge is -2.39. The largest absolute Gasteiger partial charge is 0.497 e. The van der Waals surface area contributed by atoms with E-state index >= 15 is 0 Å². The van der Waals surface area contributed by atoms with Gasteiger partial charge in [-0.2, -0.15) is 5.26 Å². The Balaban J connectivity index is 1.30. The number of aromatic nitrogens is 2. The summed E-state index contributed by atoms with van der Waals surface area (Å²) in [5, 5.41) is 12.6. The average Bonchev–Trinajstić information content (AvgIpc) is 4.03. The molecule has 0 spiro atoms. The maximum absolute atomic E-state index is 9.42. The highest BCUT2D eigenvalue weighted by atomic mass is 32.1. The lowest BCUT2D eigenvalue weighted by Crippen LogP contribution is -2.39. The van der Waals surface area contributed by atoms with Crippen molar-refractivity contribution in [1.29, 1.82) is 5.26 Å². The van der Waals surface area contributed by atoms with E-state index in [1.54, 1.807) is 25.6 Å². The number of ether oxygens (including phenoxy) is 4. The summed E-state index contributed by atoms with van der Waals surface area (Å²) in [6, 6.07) is 37.2. The van der Waals surface area contributed by atoms with Gasteiger partial charge in [0.1, 0.15) is 35.1 Å². The quantitative estimate of drug-likeness (QED) is 0.0477. The van der Waals surface area contributed by atoms with E-state index in [1.165, 1.54) is 4.88 Å². The van der Waals surface area contributed by atoms with Crippen molar-refractivity contribution in [3.63, 3.8) is 0 Å². The standard InChI is InChI=1S/C46H51N4O6PS/c1-32(2)50(33(3)4)57(54-28-11-25-47)56-41-30-44(49-27-24-40-39(23-26-48-45(40)49)43-14-10-29-58-43)55-42(41)31-53-46(34-12-8-7-9-13-34,35-15-19-37(51-5)20-16-35)36-17-21-38(52-6)22-18-36/h7-10,12-24,26-27,29,32-33,41-42,44H,11,28,30-31H2,1-6H3/t41-,42+,44+,57?/m0/s1. The molecule has 4 heterocycles. The van der Waals surface area contributed by atoms with Crippen LogP contribution in [0.1, 0.15) is 63.5 Å². The monoisotopic (exact) mass is 818 g/mol. The fraction of sp³-hybridized carbons (Fsp3) is 0.348. The molecule has 3 aromatic carbocycles. The summed E-state index contributed by atoms with van der Waals surface area (Å²) in [5.74, 6) is 1.49. The van der Waals surface area contributed by atoms with Crippen LogP contribution in [0.25, 0.3) is 21.5 Å². The second kappa shape index (κ2) is 19.0. The summed E-state index contributed by atoms with van der Waals surface area (Å²) in [7, 11) is 1.75. The first-order valence-electron chi connectivity index (χ1n) is 19.7. The Morgan fingerprint density at radius 2 is 1.53 bits per heavy atom. The van der Waals surface area contributed by atoms with Gasteiger partial charge in [-0.05, 0) is 92.2 Å². The molecule has 0 radical (unpaired) electrons. The molecular weight excluding hydrogens is 768 g/mol. The maximum Gasteiger partial charge on any atom is 0.259 e. The van der Waals surface area contributed by atoms with Crippen molar-refractivity contribution in [2.45, 2.75) is 76.7 Å². The van der Waals surface area contributed by atoms with Gasteiger partial charge in [-0.15, -0.1) is 11.3 Å². The van der Waals surface area contributed by atoms with Crippen LogP contribution in [-0.2, 0) is 24.1 Å². The lowest BCUT2D eigenvalue weighted by molar-refractivity contribution is -0.0911. The van der Waals surface area contributed by atoms with Gasteiger partial charge in [0.2, 0.25) is 0 Å². The second-order valence-electron chi connectivity index (χ2n) is 14.7. The molecule has 302 valence electrons. The molecule has 1 saturated heterocycles. The number of nitrogens with zero attached hydrogens (tertiary/aromatic N) is 4. The van der Waals surface area contributed by atoms with Crippen molar-refractivity contribution in [3.8, 4) is 28.0 Å². The van der Waals surface area contributed by atoms with Gasteiger partial charge in [0.15, 0.2) is 0 Å². The molecule has 1 fully saturated rings. The highest BCUT2D eigenvalue weighted by molar-refractivity contribution is 7.44. The Labute approximate surface area is 346 Å². The van der Waals surface area contributed by atoms with Crippen molar-refractivity contribution in [2.24, 2.45) is 0 Å². The number of rotatable bonds is 18. The van der Waals surface area contributed by atoms with E-state index in [4.69, 9.17) is 33.0 Å². The van der Waals surface area contributed by atoms with Gasteiger partial charge >= 0.3 is 0 Å². The van der Waals surface area contributed by atoms with Gasteiger partial charge in [-0.25, -0.2) is 9.65 Å². The third-order valence-electron chi connectivity index (χ3n) is 10.4. The SMILES string of the molecule is COc1ccc(C(OC[C@H]2O[C@@H](n3ccc4c(-c5cccs5)ccnc43)C[C@@H]2OP(OCCC#N)N(C(C)C)C(C)C)(c2ccccc2)c2ccc(OC)cc2)cc1. The minimum atomic E-state index is -1.58. The van der Waals surface area contributed by atoms with Crippen LogP contribution in [0.15, 0.2) is 121 Å². The summed E-state index contributed by atoms with van der Waals surface area (Å²) in [5.41, 5.74) is 3.71. The Morgan fingerprint density at radius 1 is 0.879 bits per heavy atom. The van der Waals surface area contributed by atoms with Crippen LogP contribution in [0.5, 0.6) is 11.5 Å². The first-order valence-corrected chi connectivity index (χ1v) is 21.7. The molecule has 3 aromatic heterocycles. The molecule has 10 nitrogen and oxygen atoms in total. The molecule has 0 saturated carbocycles. The van der Waals surface area contributed by atoms with E-state index in [9.17, 15) is 5.26 Å². The molecule has 1 unspecified atom stereocenters. The zero-order valence-corrected chi connectivity index (χ0v) is 35.6. The number of nitriles is 1. The van der Waals surface area contributed by atoms with Crippen LogP contribution in [0.2, 0.25) is 0 Å². The summed E-state index contributed by atoms with van der Waals surface area (Å²) in [6.07, 6.45) is 3.35. The van der Waals surface area contributed by atoms with E-state index in [-0.39, 0.29) is 31.7 Å². The van der Waals surface area contributed by atoms with Gasteiger partial charge in [-0.1, -0.05) is 60.7 Å². The first kappa shape index (κ1) is 41.5. The van der Waals surface area contributed by atoms with Crippen LogP contribution in [0.3, 0.4) is 0 Å². The molecule has 7 rings (SSSR count). The highest BCUT2D eigenvalue weighted by Gasteiger charge is 2.45. The third-order valence-corrected chi connectivity index (χ3v) is 13.5. The third kappa shape index (κ3) is 8.70. The van der Waals surface area contributed by atoms with Gasteiger partial charge in [0.25, 0.3) is 8.53 Å². The van der Waals surface area contributed by atoms with Crippen molar-refractivity contribution in [3.05, 3.63) is 138 Å². The predicted molar refractivity (Wildman–Crippen MR) is 230 cm³/mol. The molecule has 1 aliphatic heterocycles. The van der Waals surface area contributed by atoms with Crippen molar-refractivity contribution < 1.29 is 28.0 Å². The van der Waals surface area contributed by atoms with Crippen LogP contribution < -0.4 is 9.47 Å². The smallest absolute Gasteiger partial charge is 0.259 e.